The van der Waals surface area contributed by atoms with Gasteiger partial charge in [-0.3, -0.25) is 9.59 Å². The van der Waals surface area contributed by atoms with Gasteiger partial charge in [-0.25, -0.2) is 0 Å². The highest BCUT2D eigenvalue weighted by Gasteiger charge is 2.23. The Hall–Kier alpha value is -2.04. The van der Waals surface area contributed by atoms with Gasteiger partial charge in [0.2, 0.25) is 11.8 Å². The highest BCUT2D eigenvalue weighted by Crippen LogP contribution is 2.30. The number of nitrogens with one attached hydrogen (secondary N) is 2. The quantitative estimate of drug-likeness (QED) is 0.745. The molecule has 1 aliphatic carbocycles. The summed E-state index contributed by atoms with van der Waals surface area (Å²) in [7, 11) is 0. The molecule has 126 valence electrons. The molecule has 0 aliphatic heterocycles. The number of nitrogens with two attached hydrogens (primary N) is 1. The third-order valence-electron chi connectivity index (χ3n) is 4.14. The first-order valence-corrected chi connectivity index (χ1v) is 8.23. The molecule has 0 saturated heterocycles. The van der Waals surface area contributed by atoms with Crippen molar-refractivity contribution in [3.63, 3.8) is 0 Å². The van der Waals surface area contributed by atoms with Gasteiger partial charge in [0.15, 0.2) is 0 Å². The Morgan fingerprint density at radius 3 is 2.74 bits per heavy atom. The molecule has 1 aromatic carbocycles. The second kappa shape index (κ2) is 7.02. The molecule has 1 aromatic rings. The molecule has 5 nitrogen and oxygen atoms in total. The molecule has 0 spiro atoms. The van der Waals surface area contributed by atoms with Gasteiger partial charge in [0, 0.05) is 24.1 Å². The van der Waals surface area contributed by atoms with E-state index >= 15 is 0 Å². The second-order valence-corrected chi connectivity index (χ2v) is 7.23. The predicted molar refractivity (Wildman–Crippen MR) is 91.8 cm³/mol. The lowest BCUT2D eigenvalue weighted by Crippen LogP contribution is -2.38. The van der Waals surface area contributed by atoms with E-state index < -0.39 is 5.41 Å². The van der Waals surface area contributed by atoms with Crippen molar-refractivity contribution in [2.75, 3.05) is 12.3 Å². The topological polar surface area (TPSA) is 84.2 Å². The average Bonchev–Trinajstić information content (AvgIpc) is 2.46. The van der Waals surface area contributed by atoms with Crippen molar-refractivity contribution in [1.82, 2.24) is 10.6 Å². The molecule has 5 heteroatoms. The van der Waals surface area contributed by atoms with E-state index in [0.29, 0.717) is 13.0 Å². The first kappa shape index (κ1) is 17.3. The van der Waals surface area contributed by atoms with Crippen LogP contribution in [-0.4, -0.2) is 18.4 Å². The van der Waals surface area contributed by atoms with Crippen LogP contribution >= 0.6 is 0 Å². The molecule has 2 amide bonds. The van der Waals surface area contributed by atoms with E-state index in [0.717, 1.165) is 30.5 Å². The molecule has 1 unspecified atom stereocenters. The molecule has 0 heterocycles. The summed E-state index contributed by atoms with van der Waals surface area (Å²) in [6.07, 6.45) is 3.29. The van der Waals surface area contributed by atoms with Crippen molar-refractivity contribution in [1.29, 1.82) is 0 Å². The van der Waals surface area contributed by atoms with E-state index in [2.05, 4.69) is 10.6 Å². The molecule has 0 fully saturated rings. The molecule has 1 atom stereocenters. The smallest absolute Gasteiger partial charge is 0.225 e. The van der Waals surface area contributed by atoms with Crippen LogP contribution in [0.1, 0.15) is 57.2 Å². The lowest BCUT2D eigenvalue weighted by molar-refractivity contribution is -0.128. The summed E-state index contributed by atoms with van der Waals surface area (Å²) < 4.78 is 0. The van der Waals surface area contributed by atoms with Gasteiger partial charge in [-0.15, -0.1) is 0 Å². The number of rotatable bonds is 4. The third-order valence-corrected chi connectivity index (χ3v) is 4.14. The molecule has 23 heavy (non-hydrogen) atoms. The van der Waals surface area contributed by atoms with Gasteiger partial charge in [0.05, 0.1) is 6.04 Å². The fourth-order valence-corrected chi connectivity index (χ4v) is 2.81. The van der Waals surface area contributed by atoms with E-state index in [1.807, 2.05) is 39.0 Å². The van der Waals surface area contributed by atoms with Gasteiger partial charge in [-0.2, -0.15) is 0 Å². The maximum absolute atomic E-state index is 12.1. The number of carbonyl (C=O) groups excluding carboxylic acids is 2. The predicted octanol–water partition coefficient (Wildman–Crippen LogP) is 2.31. The molecule has 0 radical (unpaired) electrons. The van der Waals surface area contributed by atoms with Gasteiger partial charge in [-0.05, 0) is 42.5 Å². The van der Waals surface area contributed by atoms with Crippen LogP contribution in [0.4, 0.5) is 5.69 Å². The SMILES string of the molecule is CC(C)(C)C(=O)NCCC(=O)NC1CCCc2cc(N)ccc21. The van der Waals surface area contributed by atoms with Gasteiger partial charge < -0.3 is 16.4 Å². The van der Waals surface area contributed by atoms with Crippen molar-refractivity contribution in [2.24, 2.45) is 5.41 Å². The largest absolute Gasteiger partial charge is 0.399 e. The standard InChI is InChI=1S/C18H27N3O2/c1-18(2,3)17(23)20-10-9-16(22)21-15-6-4-5-12-11-13(19)7-8-14(12)15/h7-8,11,15H,4-6,9-10,19H2,1-3H3,(H,20,23)(H,21,22). The van der Waals surface area contributed by atoms with Crippen molar-refractivity contribution in [3.05, 3.63) is 29.3 Å². The van der Waals surface area contributed by atoms with E-state index in [1.165, 1.54) is 5.56 Å². The number of carbonyl (C=O) groups is 2. The number of amides is 2. The van der Waals surface area contributed by atoms with Crippen LogP contribution in [0.3, 0.4) is 0 Å². The number of nitrogen functional groups attached to an aromatic ring is 1. The minimum absolute atomic E-state index is 0.0334. The molecule has 0 aromatic heterocycles. The Bertz CT molecular complexity index is 590. The van der Waals surface area contributed by atoms with E-state index in [1.54, 1.807) is 0 Å². The number of hydrogen-bond donors (Lipinski definition) is 3. The van der Waals surface area contributed by atoms with Gasteiger partial charge in [0.25, 0.3) is 0 Å². The molecule has 0 bridgehead atoms. The average molecular weight is 317 g/mol. The molecule has 2 rings (SSSR count). The monoisotopic (exact) mass is 317 g/mol. The fourth-order valence-electron chi connectivity index (χ4n) is 2.81. The van der Waals surface area contributed by atoms with E-state index in [9.17, 15) is 9.59 Å². The summed E-state index contributed by atoms with van der Waals surface area (Å²) in [5.74, 6) is -0.0716. The normalized spacial score (nSPS) is 17.3. The molecular weight excluding hydrogens is 290 g/mol. The number of fused-ring (bicyclic) bond motifs is 1. The Labute approximate surface area is 138 Å². The first-order valence-electron chi connectivity index (χ1n) is 8.23. The first-order chi connectivity index (χ1) is 10.8. The van der Waals surface area contributed by atoms with Gasteiger partial charge in [-0.1, -0.05) is 26.8 Å². The Balaban J connectivity index is 1.86. The highest BCUT2D eigenvalue weighted by atomic mass is 16.2. The minimum atomic E-state index is -0.432. The van der Waals surface area contributed by atoms with E-state index in [-0.39, 0.29) is 17.9 Å². The second-order valence-electron chi connectivity index (χ2n) is 7.23. The van der Waals surface area contributed by atoms with Crippen LogP contribution in [0.2, 0.25) is 0 Å². The Morgan fingerprint density at radius 1 is 1.30 bits per heavy atom. The summed E-state index contributed by atoms with van der Waals surface area (Å²) in [6.45, 7) is 5.93. The van der Waals surface area contributed by atoms with E-state index in [4.69, 9.17) is 5.73 Å². The summed E-state index contributed by atoms with van der Waals surface area (Å²) in [6, 6.07) is 5.94. The molecule has 1 aliphatic rings. The van der Waals surface area contributed by atoms with Crippen LogP contribution < -0.4 is 16.4 Å². The van der Waals surface area contributed by atoms with Crippen molar-refractivity contribution >= 4 is 17.5 Å². The molecule has 4 N–H and O–H groups in total. The van der Waals surface area contributed by atoms with Gasteiger partial charge in [0.1, 0.15) is 0 Å². The van der Waals surface area contributed by atoms with Crippen molar-refractivity contribution in [2.45, 2.75) is 52.5 Å². The Morgan fingerprint density at radius 2 is 2.04 bits per heavy atom. The number of anilines is 1. The van der Waals surface area contributed by atoms with Crippen LogP contribution in [0.5, 0.6) is 0 Å². The summed E-state index contributed by atoms with van der Waals surface area (Å²) in [5.41, 5.74) is 8.55. The van der Waals surface area contributed by atoms with Crippen LogP contribution in [0.15, 0.2) is 18.2 Å². The van der Waals surface area contributed by atoms with Crippen LogP contribution in [0.25, 0.3) is 0 Å². The molecule has 0 saturated carbocycles. The van der Waals surface area contributed by atoms with Crippen molar-refractivity contribution < 1.29 is 9.59 Å². The Kier molecular flexibility index (Phi) is 5.29. The van der Waals surface area contributed by atoms with Crippen LogP contribution in [0, 0.1) is 5.41 Å². The maximum atomic E-state index is 12.1. The minimum Gasteiger partial charge on any atom is -0.399 e. The fraction of sp³-hybridized carbons (Fsp3) is 0.556. The van der Waals surface area contributed by atoms with Crippen molar-refractivity contribution in [3.8, 4) is 0 Å². The number of hydrogen-bond acceptors (Lipinski definition) is 3. The lowest BCUT2D eigenvalue weighted by Gasteiger charge is -2.27. The molecular formula is C18H27N3O2. The summed E-state index contributed by atoms with van der Waals surface area (Å²) in [5, 5.41) is 5.88. The number of benzene rings is 1. The summed E-state index contributed by atoms with van der Waals surface area (Å²) >= 11 is 0. The van der Waals surface area contributed by atoms with Crippen LogP contribution in [-0.2, 0) is 16.0 Å². The lowest BCUT2D eigenvalue weighted by atomic mass is 9.87. The third kappa shape index (κ3) is 4.71. The zero-order valence-electron chi connectivity index (χ0n) is 14.2. The maximum Gasteiger partial charge on any atom is 0.225 e. The summed E-state index contributed by atoms with van der Waals surface area (Å²) in [4.78, 5) is 23.9. The van der Waals surface area contributed by atoms with Gasteiger partial charge >= 0.3 is 0 Å². The zero-order chi connectivity index (χ0) is 17.0. The highest BCUT2D eigenvalue weighted by molar-refractivity contribution is 5.82. The zero-order valence-corrected chi connectivity index (χ0v) is 14.2. The number of aryl methyl sites for hydroxylation is 1.